The van der Waals surface area contributed by atoms with Crippen LogP contribution in [0.5, 0.6) is 5.75 Å². The van der Waals surface area contributed by atoms with Crippen molar-refractivity contribution in [3.05, 3.63) is 70.3 Å². The highest BCUT2D eigenvalue weighted by Crippen LogP contribution is 2.32. The van der Waals surface area contributed by atoms with Crippen LogP contribution in [0.3, 0.4) is 0 Å². The lowest BCUT2D eigenvalue weighted by atomic mass is 9.86. The Hall–Kier alpha value is -1.77. The number of benzene rings is 2. The molecule has 1 saturated carbocycles. The Labute approximate surface area is 161 Å². The smallest absolute Gasteiger partial charge is 0.119 e. The first-order valence-electron chi connectivity index (χ1n) is 9.70. The first-order chi connectivity index (χ1) is 12.8. The highest BCUT2D eigenvalue weighted by Gasteiger charge is 2.28. The molecule has 1 saturated heterocycles. The van der Waals surface area contributed by atoms with Crippen LogP contribution in [-0.2, 0) is 6.61 Å². The van der Waals surface area contributed by atoms with Gasteiger partial charge in [0, 0.05) is 11.1 Å². The first-order valence-corrected chi connectivity index (χ1v) is 10.1. The van der Waals surface area contributed by atoms with Crippen molar-refractivity contribution in [2.75, 3.05) is 13.1 Å². The van der Waals surface area contributed by atoms with Gasteiger partial charge in [0.1, 0.15) is 12.4 Å². The third-order valence-corrected chi connectivity index (χ3v) is 5.76. The van der Waals surface area contributed by atoms with E-state index >= 15 is 0 Å². The van der Waals surface area contributed by atoms with Crippen molar-refractivity contribution >= 4 is 17.7 Å². The molecular weight excluding hydrogens is 342 g/mol. The first kappa shape index (κ1) is 17.6. The SMILES string of the molecule is Clc1ccc(COc2ccc(/C=C3/CCCCC3N3CCC3)cc2)cc1. The van der Waals surface area contributed by atoms with Crippen LogP contribution in [0.1, 0.15) is 43.2 Å². The fourth-order valence-corrected chi connectivity index (χ4v) is 4.00. The molecule has 3 heteroatoms. The fraction of sp³-hybridized carbons (Fsp3) is 0.391. The van der Waals surface area contributed by atoms with Crippen LogP contribution < -0.4 is 4.74 Å². The minimum absolute atomic E-state index is 0.564. The monoisotopic (exact) mass is 367 g/mol. The number of ether oxygens (including phenoxy) is 1. The maximum absolute atomic E-state index is 5.92. The molecule has 136 valence electrons. The summed E-state index contributed by atoms with van der Waals surface area (Å²) in [6.07, 6.45) is 9.05. The van der Waals surface area contributed by atoms with E-state index in [4.69, 9.17) is 16.3 Å². The molecule has 0 amide bonds. The van der Waals surface area contributed by atoms with E-state index in [-0.39, 0.29) is 0 Å². The average Bonchev–Trinajstić information content (AvgIpc) is 2.63. The van der Waals surface area contributed by atoms with E-state index in [0.29, 0.717) is 12.6 Å². The normalized spacial score (nSPS) is 22.2. The molecule has 0 bridgehead atoms. The summed E-state index contributed by atoms with van der Waals surface area (Å²) in [5, 5.41) is 0.755. The van der Waals surface area contributed by atoms with Crippen LogP contribution in [0.2, 0.25) is 5.02 Å². The van der Waals surface area contributed by atoms with Crippen LogP contribution in [0.4, 0.5) is 0 Å². The van der Waals surface area contributed by atoms with E-state index in [1.807, 2.05) is 24.3 Å². The topological polar surface area (TPSA) is 12.5 Å². The van der Waals surface area contributed by atoms with E-state index in [0.717, 1.165) is 16.3 Å². The van der Waals surface area contributed by atoms with Gasteiger partial charge in [-0.15, -0.1) is 0 Å². The molecule has 1 aliphatic heterocycles. The molecule has 0 radical (unpaired) electrons. The molecule has 1 unspecified atom stereocenters. The zero-order chi connectivity index (χ0) is 17.8. The molecule has 2 nitrogen and oxygen atoms in total. The van der Waals surface area contributed by atoms with Crippen molar-refractivity contribution in [2.45, 2.75) is 44.8 Å². The average molecular weight is 368 g/mol. The van der Waals surface area contributed by atoms with Crippen molar-refractivity contribution in [3.63, 3.8) is 0 Å². The Kier molecular flexibility index (Phi) is 5.62. The molecule has 0 spiro atoms. The number of nitrogens with zero attached hydrogens (tertiary/aromatic N) is 1. The summed E-state index contributed by atoms with van der Waals surface area (Å²) in [5.74, 6) is 0.907. The molecule has 4 rings (SSSR count). The van der Waals surface area contributed by atoms with Crippen LogP contribution in [0.15, 0.2) is 54.1 Å². The van der Waals surface area contributed by atoms with Gasteiger partial charge in [-0.3, -0.25) is 4.90 Å². The molecule has 1 atom stereocenters. The fourth-order valence-electron chi connectivity index (χ4n) is 3.88. The van der Waals surface area contributed by atoms with Crippen LogP contribution in [0.25, 0.3) is 6.08 Å². The minimum Gasteiger partial charge on any atom is -0.489 e. The Balaban J connectivity index is 1.39. The summed E-state index contributed by atoms with van der Waals surface area (Å²) in [4.78, 5) is 2.65. The predicted molar refractivity (Wildman–Crippen MR) is 109 cm³/mol. The Bertz CT molecular complexity index is 747. The second kappa shape index (κ2) is 8.28. The number of rotatable bonds is 5. The summed E-state index contributed by atoms with van der Waals surface area (Å²) in [6, 6.07) is 17.0. The molecule has 2 aliphatic rings. The number of halogens is 1. The maximum Gasteiger partial charge on any atom is 0.119 e. The van der Waals surface area contributed by atoms with Crippen molar-refractivity contribution in [2.24, 2.45) is 0 Å². The summed E-state index contributed by atoms with van der Waals surface area (Å²) in [7, 11) is 0. The molecular formula is C23H26ClNO. The standard InChI is InChI=1S/C23H26ClNO/c24-21-10-6-19(7-11-21)17-26-22-12-8-18(9-13-22)16-20-4-1-2-5-23(20)25-14-3-15-25/h6-13,16,23H,1-5,14-15,17H2/b20-16-. The van der Waals surface area contributed by atoms with E-state index in [1.165, 1.54) is 50.8 Å². The maximum atomic E-state index is 5.92. The van der Waals surface area contributed by atoms with E-state index in [1.54, 1.807) is 5.57 Å². The van der Waals surface area contributed by atoms with E-state index in [2.05, 4.69) is 35.2 Å². The Morgan fingerprint density at radius 1 is 0.962 bits per heavy atom. The van der Waals surface area contributed by atoms with Crippen molar-refractivity contribution in [1.29, 1.82) is 0 Å². The van der Waals surface area contributed by atoms with Gasteiger partial charge < -0.3 is 4.74 Å². The van der Waals surface area contributed by atoms with Gasteiger partial charge in [0.05, 0.1) is 0 Å². The molecule has 26 heavy (non-hydrogen) atoms. The molecule has 1 heterocycles. The lowest BCUT2D eigenvalue weighted by Crippen LogP contribution is -2.46. The van der Waals surface area contributed by atoms with Gasteiger partial charge in [-0.25, -0.2) is 0 Å². The van der Waals surface area contributed by atoms with Crippen LogP contribution >= 0.6 is 11.6 Å². The lowest BCUT2D eigenvalue weighted by molar-refractivity contribution is 0.121. The highest BCUT2D eigenvalue weighted by molar-refractivity contribution is 6.30. The third kappa shape index (κ3) is 4.31. The van der Waals surface area contributed by atoms with Crippen LogP contribution in [0, 0.1) is 0 Å². The van der Waals surface area contributed by atoms with Gasteiger partial charge >= 0.3 is 0 Å². The summed E-state index contributed by atoms with van der Waals surface area (Å²) in [6.45, 7) is 3.12. The molecule has 0 N–H and O–H groups in total. The lowest BCUT2D eigenvalue weighted by Gasteiger charge is -2.42. The minimum atomic E-state index is 0.564. The summed E-state index contributed by atoms with van der Waals surface area (Å²) in [5.41, 5.74) is 4.03. The van der Waals surface area contributed by atoms with Crippen molar-refractivity contribution in [1.82, 2.24) is 4.90 Å². The van der Waals surface area contributed by atoms with Gasteiger partial charge in [-0.2, -0.15) is 0 Å². The van der Waals surface area contributed by atoms with Crippen molar-refractivity contribution in [3.8, 4) is 5.75 Å². The second-order valence-corrected chi connectivity index (χ2v) is 7.79. The van der Waals surface area contributed by atoms with Gasteiger partial charge in [0.25, 0.3) is 0 Å². The Morgan fingerprint density at radius 3 is 2.42 bits per heavy atom. The van der Waals surface area contributed by atoms with E-state index < -0.39 is 0 Å². The molecule has 1 aliphatic carbocycles. The Morgan fingerprint density at radius 2 is 1.73 bits per heavy atom. The van der Waals surface area contributed by atoms with Crippen LogP contribution in [-0.4, -0.2) is 24.0 Å². The van der Waals surface area contributed by atoms with Gasteiger partial charge in [0.15, 0.2) is 0 Å². The molecule has 2 aromatic rings. The number of hydrogen-bond donors (Lipinski definition) is 0. The second-order valence-electron chi connectivity index (χ2n) is 7.35. The third-order valence-electron chi connectivity index (χ3n) is 5.50. The van der Waals surface area contributed by atoms with E-state index in [9.17, 15) is 0 Å². The summed E-state index contributed by atoms with van der Waals surface area (Å²) >= 11 is 5.92. The summed E-state index contributed by atoms with van der Waals surface area (Å²) < 4.78 is 5.89. The zero-order valence-corrected chi connectivity index (χ0v) is 15.9. The number of hydrogen-bond acceptors (Lipinski definition) is 2. The zero-order valence-electron chi connectivity index (χ0n) is 15.2. The predicted octanol–water partition coefficient (Wildman–Crippen LogP) is 5.95. The number of likely N-dealkylation sites (tertiary alicyclic amines) is 1. The largest absolute Gasteiger partial charge is 0.489 e. The highest BCUT2D eigenvalue weighted by atomic mass is 35.5. The van der Waals surface area contributed by atoms with Crippen molar-refractivity contribution < 1.29 is 4.74 Å². The van der Waals surface area contributed by atoms with Gasteiger partial charge in [-0.05, 0) is 74.2 Å². The molecule has 0 aromatic heterocycles. The molecule has 2 fully saturated rings. The van der Waals surface area contributed by atoms with Gasteiger partial charge in [-0.1, -0.05) is 53.9 Å². The quantitative estimate of drug-likeness (QED) is 0.647. The van der Waals surface area contributed by atoms with Gasteiger partial charge in [0.2, 0.25) is 0 Å². The molecule has 2 aromatic carbocycles.